The van der Waals surface area contributed by atoms with Crippen LogP contribution in [0.5, 0.6) is 11.5 Å². The van der Waals surface area contributed by atoms with E-state index in [9.17, 15) is 5.11 Å². The van der Waals surface area contributed by atoms with E-state index in [1.165, 1.54) is 0 Å². The van der Waals surface area contributed by atoms with Crippen LogP contribution in [-0.2, 0) is 0 Å². The molecule has 0 spiro atoms. The van der Waals surface area contributed by atoms with Gasteiger partial charge >= 0.3 is 0 Å². The van der Waals surface area contributed by atoms with Crippen LogP contribution < -0.4 is 9.47 Å². The zero-order chi connectivity index (χ0) is 17.6. The van der Waals surface area contributed by atoms with E-state index in [1.54, 1.807) is 14.2 Å². The molecular weight excluding hydrogens is 312 g/mol. The Morgan fingerprint density at radius 3 is 1.52 bits per heavy atom. The van der Waals surface area contributed by atoms with E-state index in [2.05, 4.69) is 12.2 Å². The fourth-order valence-electron chi connectivity index (χ4n) is 3.14. The predicted molar refractivity (Wildman–Crippen MR) is 102 cm³/mol. The Morgan fingerprint density at radius 1 is 0.760 bits per heavy atom. The van der Waals surface area contributed by atoms with Gasteiger partial charge in [0.15, 0.2) is 0 Å². The van der Waals surface area contributed by atoms with Gasteiger partial charge in [-0.05, 0) is 65.8 Å². The maximum absolute atomic E-state index is 10.8. The molecule has 0 saturated heterocycles. The lowest BCUT2D eigenvalue weighted by Gasteiger charge is -2.24. The molecule has 2 aromatic carbocycles. The predicted octanol–water partition coefficient (Wildman–Crippen LogP) is 4.72. The molecule has 0 heterocycles. The first kappa shape index (κ1) is 17.3. The van der Waals surface area contributed by atoms with Crippen molar-refractivity contribution >= 4 is 12.2 Å². The number of ether oxygens (including phenoxy) is 2. The summed E-state index contributed by atoms with van der Waals surface area (Å²) < 4.78 is 10.4. The second-order valence-corrected chi connectivity index (χ2v) is 6.24. The molecule has 1 fully saturated rings. The molecule has 0 aliphatic heterocycles. The van der Waals surface area contributed by atoms with Crippen LogP contribution >= 0.6 is 0 Å². The van der Waals surface area contributed by atoms with Crippen LogP contribution in [0.25, 0.3) is 12.2 Å². The minimum atomic E-state index is -0.516. The summed E-state index contributed by atoms with van der Waals surface area (Å²) in [7, 11) is 3.32. The first-order chi connectivity index (χ1) is 12.2. The van der Waals surface area contributed by atoms with E-state index in [1.807, 2.05) is 48.5 Å². The average Bonchev–Trinajstić information content (AvgIpc) is 2.66. The van der Waals surface area contributed by atoms with Crippen LogP contribution in [0.4, 0.5) is 0 Å². The highest BCUT2D eigenvalue weighted by atomic mass is 16.5. The van der Waals surface area contributed by atoms with Crippen molar-refractivity contribution in [2.24, 2.45) is 0 Å². The van der Waals surface area contributed by atoms with Crippen LogP contribution in [0, 0.1) is 0 Å². The summed E-state index contributed by atoms with van der Waals surface area (Å²) >= 11 is 0. The van der Waals surface area contributed by atoms with Gasteiger partial charge in [-0.2, -0.15) is 0 Å². The molecule has 3 nitrogen and oxygen atoms in total. The number of aliphatic hydroxyl groups excluding tert-OH is 1. The average molecular weight is 336 g/mol. The van der Waals surface area contributed by atoms with Crippen LogP contribution in [0.2, 0.25) is 0 Å². The molecule has 130 valence electrons. The summed E-state index contributed by atoms with van der Waals surface area (Å²) in [5, 5.41) is 10.8. The van der Waals surface area contributed by atoms with Gasteiger partial charge in [-0.3, -0.25) is 0 Å². The second-order valence-electron chi connectivity index (χ2n) is 6.24. The van der Waals surface area contributed by atoms with Gasteiger partial charge in [0.05, 0.1) is 20.3 Å². The number of rotatable bonds is 4. The molecule has 0 amide bonds. The molecule has 3 rings (SSSR count). The summed E-state index contributed by atoms with van der Waals surface area (Å²) in [6.45, 7) is 0. The van der Waals surface area contributed by atoms with E-state index in [-0.39, 0.29) is 0 Å². The van der Waals surface area contributed by atoms with Crippen molar-refractivity contribution in [3.8, 4) is 11.5 Å². The minimum absolute atomic E-state index is 0.516. The lowest BCUT2D eigenvalue weighted by molar-refractivity contribution is 0.229. The first-order valence-electron chi connectivity index (χ1n) is 8.56. The molecule has 25 heavy (non-hydrogen) atoms. The van der Waals surface area contributed by atoms with Crippen LogP contribution in [0.15, 0.2) is 59.7 Å². The second kappa shape index (κ2) is 8.04. The monoisotopic (exact) mass is 336 g/mol. The summed E-state index contributed by atoms with van der Waals surface area (Å²) in [6.07, 6.45) is 6.57. The molecule has 0 bridgehead atoms. The van der Waals surface area contributed by atoms with Crippen molar-refractivity contribution in [3.63, 3.8) is 0 Å². The van der Waals surface area contributed by atoms with Gasteiger partial charge in [0.1, 0.15) is 11.5 Å². The number of hydrogen-bond acceptors (Lipinski definition) is 3. The van der Waals surface area contributed by atoms with Gasteiger partial charge in [0, 0.05) is 0 Å². The Balaban J connectivity index is 1.80. The molecule has 2 aromatic rings. The van der Waals surface area contributed by atoms with Gasteiger partial charge in [-0.25, -0.2) is 0 Å². The standard InChI is InChI=1S/C22H24O3/c1-24-20-10-6-16(7-11-20)14-18-4-3-5-19(22(18)23)15-17-8-12-21(25-2)13-9-17/h6-15,22-23H,3-5H2,1-2H3/b18-14+,19-15+. The fraction of sp³-hybridized carbons (Fsp3) is 0.273. The molecule has 0 unspecified atom stereocenters. The first-order valence-corrected chi connectivity index (χ1v) is 8.56. The molecular formula is C22H24O3. The van der Waals surface area contributed by atoms with E-state index in [0.717, 1.165) is 53.0 Å². The fourth-order valence-corrected chi connectivity index (χ4v) is 3.14. The van der Waals surface area contributed by atoms with Gasteiger partial charge in [-0.15, -0.1) is 0 Å². The molecule has 1 saturated carbocycles. The van der Waals surface area contributed by atoms with Crippen molar-refractivity contribution in [3.05, 3.63) is 70.8 Å². The van der Waals surface area contributed by atoms with E-state index < -0.39 is 6.10 Å². The van der Waals surface area contributed by atoms with Crippen LogP contribution in [0.1, 0.15) is 30.4 Å². The topological polar surface area (TPSA) is 38.7 Å². The molecule has 3 heteroatoms. The highest BCUT2D eigenvalue weighted by Gasteiger charge is 2.21. The Bertz CT molecular complexity index is 689. The van der Waals surface area contributed by atoms with E-state index >= 15 is 0 Å². The van der Waals surface area contributed by atoms with Crippen LogP contribution in [-0.4, -0.2) is 25.4 Å². The van der Waals surface area contributed by atoms with Gasteiger partial charge in [-0.1, -0.05) is 36.4 Å². The van der Waals surface area contributed by atoms with E-state index in [4.69, 9.17) is 9.47 Å². The third kappa shape index (κ3) is 4.31. The minimum Gasteiger partial charge on any atom is -0.497 e. The zero-order valence-electron chi connectivity index (χ0n) is 14.7. The third-order valence-corrected chi connectivity index (χ3v) is 4.57. The number of aliphatic hydroxyl groups is 1. The Hall–Kier alpha value is -2.52. The Kier molecular flexibility index (Phi) is 5.56. The van der Waals surface area contributed by atoms with Crippen molar-refractivity contribution in [2.75, 3.05) is 14.2 Å². The third-order valence-electron chi connectivity index (χ3n) is 4.57. The smallest absolute Gasteiger partial charge is 0.118 e. The molecule has 1 aliphatic carbocycles. The summed E-state index contributed by atoms with van der Waals surface area (Å²) in [5.41, 5.74) is 4.30. The lowest BCUT2D eigenvalue weighted by atomic mass is 9.85. The largest absolute Gasteiger partial charge is 0.497 e. The van der Waals surface area contributed by atoms with Crippen molar-refractivity contribution in [2.45, 2.75) is 25.4 Å². The maximum Gasteiger partial charge on any atom is 0.118 e. The normalized spacial score (nSPS) is 18.5. The van der Waals surface area contributed by atoms with Crippen molar-refractivity contribution in [1.29, 1.82) is 0 Å². The Morgan fingerprint density at radius 2 is 1.16 bits per heavy atom. The van der Waals surface area contributed by atoms with Crippen molar-refractivity contribution in [1.82, 2.24) is 0 Å². The highest BCUT2D eigenvalue weighted by Crippen LogP contribution is 2.31. The van der Waals surface area contributed by atoms with Gasteiger partial charge < -0.3 is 14.6 Å². The number of methoxy groups -OCH3 is 2. The quantitative estimate of drug-likeness (QED) is 0.878. The van der Waals surface area contributed by atoms with E-state index in [0.29, 0.717) is 0 Å². The van der Waals surface area contributed by atoms with Crippen molar-refractivity contribution < 1.29 is 14.6 Å². The zero-order valence-corrected chi connectivity index (χ0v) is 14.7. The summed E-state index contributed by atoms with van der Waals surface area (Å²) in [5.74, 6) is 1.68. The Labute approximate surface area is 149 Å². The van der Waals surface area contributed by atoms with Crippen LogP contribution in [0.3, 0.4) is 0 Å². The molecule has 0 atom stereocenters. The molecule has 0 radical (unpaired) electrons. The number of benzene rings is 2. The molecule has 1 N–H and O–H groups in total. The van der Waals surface area contributed by atoms with Gasteiger partial charge in [0.25, 0.3) is 0 Å². The van der Waals surface area contributed by atoms with Gasteiger partial charge in [0.2, 0.25) is 0 Å². The SMILES string of the molecule is COc1ccc(/C=C2\CCC/C(=C\c3ccc(OC)cc3)C2O)cc1. The summed E-state index contributed by atoms with van der Waals surface area (Å²) in [6, 6.07) is 15.8. The molecule has 1 aliphatic rings. The lowest BCUT2D eigenvalue weighted by Crippen LogP contribution is -2.18. The highest BCUT2D eigenvalue weighted by molar-refractivity contribution is 5.61. The summed E-state index contributed by atoms with van der Waals surface area (Å²) in [4.78, 5) is 0. The number of hydrogen-bond donors (Lipinski definition) is 1. The maximum atomic E-state index is 10.8. The molecule has 0 aromatic heterocycles.